The standard InChI is InChI=1S/C23H23Br/c1-13-8-14(2)18-10-15(3)20(21(18)9-13)12-19-16(4)11-22-17(19)6-5-7-23(22)24/h5-11,19-20H,12H2,1-4H3. The van der Waals surface area contributed by atoms with Crippen LogP contribution >= 0.6 is 15.9 Å². The van der Waals surface area contributed by atoms with Crippen LogP contribution in [0.2, 0.25) is 0 Å². The van der Waals surface area contributed by atoms with Crippen LogP contribution in [-0.4, -0.2) is 0 Å². The summed E-state index contributed by atoms with van der Waals surface area (Å²) in [6, 6.07) is 11.3. The zero-order valence-electron chi connectivity index (χ0n) is 14.8. The quantitative estimate of drug-likeness (QED) is 0.519. The highest BCUT2D eigenvalue weighted by molar-refractivity contribution is 9.10. The molecule has 1 heteroatoms. The first-order chi connectivity index (χ1) is 11.5. The molecule has 0 amide bonds. The van der Waals surface area contributed by atoms with Crippen LogP contribution in [0.3, 0.4) is 0 Å². The minimum absolute atomic E-state index is 0.526. The molecule has 0 N–H and O–H groups in total. The van der Waals surface area contributed by atoms with Gasteiger partial charge in [0.15, 0.2) is 0 Å². The summed E-state index contributed by atoms with van der Waals surface area (Å²) in [5.41, 5.74) is 11.6. The van der Waals surface area contributed by atoms with E-state index in [2.05, 4.69) is 86.1 Å². The molecule has 4 rings (SSSR count). The molecule has 2 aliphatic carbocycles. The van der Waals surface area contributed by atoms with E-state index in [0.29, 0.717) is 11.8 Å². The highest BCUT2D eigenvalue weighted by Gasteiger charge is 2.31. The van der Waals surface area contributed by atoms with E-state index in [-0.39, 0.29) is 0 Å². The Labute approximate surface area is 153 Å². The fourth-order valence-corrected chi connectivity index (χ4v) is 5.01. The molecule has 0 nitrogen and oxygen atoms in total. The van der Waals surface area contributed by atoms with Gasteiger partial charge < -0.3 is 0 Å². The molecule has 2 aliphatic rings. The SMILES string of the molecule is CC1=Cc2c(C)cc(C)cc2C1CC1C(C)=Cc2c(Br)cccc21. The van der Waals surface area contributed by atoms with Gasteiger partial charge in [-0.3, -0.25) is 0 Å². The Kier molecular flexibility index (Phi) is 3.80. The van der Waals surface area contributed by atoms with E-state index in [1.54, 1.807) is 0 Å². The minimum atomic E-state index is 0.526. The number of hydrogen-bond acceptors (Lipinski definition) is 0. The maximum atomic E-state index is 3.72. The van der Waals surface area contributed by atoms with E-state index >= 15 is 0 Å². The van der Waals surface area contributed by atoms with Gasteiger partial charge in [-0.05, 0) is 68.0 Å². The van der Waals surface area contributed by atoms with Crippen LogP contribution < -0.4 is 0 Å². The third-order valence-corrected chi connectivity index (χ3v) is 6.41. The summed E-state index contributed by atoms with van der Waals surface area (Å²) >= 11 is 3.72. The number of halogens is 1. The molecular weight excluding hydrogens is 356 g/mol. The van der Waals surface area contributed by atoms with Crippen molar-refractivity contribution in [1.82, 2.24) is 0 Å². The molecule has 2 unspecified atom stereocenters. The van der Waals surface area contributed by atoms with Crippen molar-refractivity contribution < 1.29 is 0 Å². The van der Waals surface area contributed by atoms with Crippen molar-refractivity contribution in [3.8, 4) is 0 Å². The molecule has 0 heterocycles. The molecule has 122 valence electrons. The summed E-state index contributed by atoms with van der Waals surface area (Å²) in [7, 11) is 0. The van der Waals surface area contributed by atoms with Gasteiger partial charge in [-0.25, -0.2) is 0 Å². The Hall–Kier alpha value is -1.60. The van der Waals surface area contributed by atoms with Gasteiger partial charge in [-0.15, -0.1) is 0 Å². The summed E-state index contributed by atoms with van der Waals surface area (Å²) in [4.78, 5) is 0. The lowest BCUT2D eigenvalue weighted by molar-refractivity contribution is 0.642. The first-order valence-electron chi connectivity index (χ1n) is 8.71. The second-order valence-electron chi connectivity index (χ2n) is 7.45. The van der Waals surface area contributed by atoms with Crippen molar-refractivity contribution in [2.75, 3.05) is 0 Å². The number of allylic oxidation sites excluding steroid dienone is 2. The lowest BCUT2D eigenvalue weighted by atomic mass is 9.81. The molecule has 2 atom stereocenters. The Morgan fingerprint density at radius 3 is 2.25 bits per heavy atom. The number of aryl methyl sites for hydroxylation is 2. The van der Waals surface area contributed by atoms with Crippen LogP contribution in [0.15, 0.2) is 46.0 Å². The van der Waals surface area contributed by atoms with Crippen molar-refractivity contribution in [2.24, 2.45) is 0 Å². The normalized spacial score (nSPS) is 21.4. The van der Waals surface area contributed by atoms with Gasteiger partial charge in [0.1, 0.15) is 0 Å². The van der Waals surface area contributed by atoms with Crippen LogP contribution in [-0.2, 0) is 0 Å². The van der Waals surface area contributed by atoms with Crippen LogP contribution in [0.1, 0.15) is 65.5 Å². The van der Waals surface area contributed by atoms with Gasteiger partial charge in [0, 0.05) is 16.3 Å². The van der Waals surface area contributed by atoms with Gasteiger partial charge in [0.05, 0.1) is 0 Å². The van der Waals surface area contributed by atoms with Crippen molar-refractivity contribution in [3.63, 3.8) is 0 Å². The highest BCUT2D eigenvalue weighted by atomic mass is 79.9. The second-order valence-corrected chi connectivity index (χ2v) is 8.30. The Morgan fingerprint density at radius 2 is 1.50 bits per heavy atom. The average molecular weight is 379 g/mol. The van der Waals surface area contributed by atoms with E-state index in [1.807, 2.05) is 0 Å². The predicted octanol–water partition coefficient (Wildman–Crippen LogP) is 7.16. The molecule has 0 fully saturated rings. The monoisotopic (exact) mass is 378 g/mol. The third-order valence-electron chi connectivity index (χ3n) is 5.72. The Morgan fingerprint density at radius 1 is 0.833 bits per heavy atom. The molecule has 0 saturated carbocycles. The number of hydrogen-bond donors (Lipinski definition) is 0. The van der Waals surface area contributed by atoms with E-state index in [1.165, 1.54) is 55.4 Å². The summed E-state index contributed by atoms with van der Waals surface area (Å²) in [5.74, 6) is 1.06. The van der Waals surface area contributed by atoms with Crippen molar-refractivity contribution in [1.29, 1.82) is 0 Å². The van der Waals surface area contributed by atoms with Crippen LogP contribution in [0, 0.1) is 13.8 Å². The Bertz CT molecular complexity index is 898. The molecular formula is C23H23Br. The molecule has 0 radical (unpaired) electrons. The first kappa shape index (κ1) is 15.9. The van der Waals surface area contributed by atoms with Gasteiger partial charge >= 0.3 is 0 Å². The fourth-order valence-electron chi connectivity index (χ4n) is 4.52. The van der Waals surface area contributed by atoms with Crippen LogP contribution in [0.5, 0.6) is 0 Å². The van der Waals surface area contributed by atoms with Gasteiger partial charge in [0.2, 0.25) is 0 Å². The zero-order chi connectivity index (χ0) is 17.0. The van der Waals surface area contributed by atoms with E-state index in [9.17, 15) is 0 Å². The molecule has 0 aliphatic heterocycles. The summed E-state index contributed by atoms with van der Waals surface area (Å²) in [6.07, 6.45) is 5.94. The molecule has 0 bridgehead atoms. The van der Waals surface area contributed by atoms with Crippen molar-refractivity contribution in [3.05, 3.63) is 79.3 Å². The molecule has 2 aromatic carbocycles. The van der Waals surface area contributed by atoms with Gasteiger partial charge in [-0.2, -0.15) is 0 Å². The van der Waals surface area contributed by atoms with E-state index in [4.69, 9.17) is 0 Å². The van der Waals surface area contributed by atoms with E-state index in [0.717, 1.165) is 0 Å². The van der Waals surface area contributed by atoms with Gasteiger partial charge in [0.25, 0.3) is 0 Å². The number of fused-ring (bicyclic) bond motifs is 2. The minimum Gasteiger partial charge on any atom is -0.0652 e. The molecule has 2 aromatic rings. The second kappa shape index (κ2) is 5.74. The fraction of sp³-hybridized carbons (Fsp3) is 0.304. The third kappa shape index (κ3) is 2.41. The number of benzene rings is 2. The smallest absolute Gasteiger partial charge is 0.0250 e. The lowest BCUT2D eigenvalue weighted by Crippen LogP contribution is -2.06. The van der Waals surface area contributed by atoms with Gasteiger partial charge in [-0.1, -0.05) is 69.1 Å². The summed E-state index contributed by atoms with van der Waals surface area (Å²) in [5, 5.41) is 0. The Balaban J connectivity index is 1.73. The molecule has 0 aromatic heterocycles. The average Bonchev–Trinajstić information content (AvgIpc) is 3.00. The lowest BCUT2D eigenvalue weighted by Gasteiger charge is -2.22. The topological polar surface area (TPSA) is 0 Å². The largest absolute Gasteiger partial charge is 0.0652 e. The molecule has 0 saturated heterocycles. The predicted molar refractivity (Wildman–Crippen MR) is 107 cm³/mol. The maximum absolute atomic E-state index is 3.72. The highest BCUT2D eigenvalue weighted by Crippen LogP contribution is 2.49. The van der Waals surface area contributed by atoms with E-state index < -0.39 is 0 Å². The first-order valence-corrected chi connectivity index (χ1v) is 9.51. The summed E-state index contributed by atoms with van der Waals surface area (Å²) in [6.45, 7) is 9.04. The molecule has 0 spiro atoms. The maximum Gasteiger partial charge on any atom is 0.0250 e. The zero-order valence-corrected chi connectivity index (χ0v) is 16.4. The van der Waals surface area contributed by atoms with Crippen molar-refractivity contribution >= 4 is 28.1 Å². The molecule has 24 heavy (non-hydrogen) atoms. The summed E-state index contributed by atoms with van der Waals surface area (Å²) < 4.78 is 1.22. The van der Waals surface area contributed by atoms with Crippen molar-refractivity contribution in [2.45, 2.75) is 46.0 Å². The number of rotatable bonds is 2. The van der Waals surface area contributed by atoms with Crippen LogP contribution in [0.4, 0.5) is 0 Å². The van der Waals surface area contributed by atoms with Crippen LogP contribution in [0.25, 0.3) is 12.2 Å².